The zero-order valence-electron chi connectivity index (χ0n) is 14.6. The largest absolute Gasteiger partial charge is 0.465 e. The third-order valence-corrected chi connectivity index (χ3v) is 4.17. The lowest BCUT2D eigenvalue weighted by atomic mass is 10.1. The molecule has 0 amide bonds. The molecule has 0 aromatic heterocycles. The fourth-order valence-corrected chi connectivity index (χ4v) is 2.63. The van der Waals surface area contributed by atoms with Gasteiger partial charge in [-0.2, -0.15) is 0 Å². The lowest BCUT2D eigenvalue weighted by molar-refractivity contribution is -0.135. The Balaban J connectivity index is 2.67. The molecule has 2 aromatic carbocycles. The van der Waals surface area contributed by atoms with E-state index >= 15 is 0 Å². The predicted octanol–water partition coefficient (Wildman–Crippen LogP) is 3.42. The summed E-state index contributed by atoms with van der Waals surface area (Å²) in [5, 5.41) is 0. The highest BCUT2D eigenvalue weighted by Gasteiger charge is 2.25. The zero-order chi connectivity index (χ0) is 19.8. The van der Waals surface area contributed by atoms with Crippen molar-refractivity contribution in [3.8, 4) is 0 Å². The second kappa shape index (κ2) is 9.59. The van der Waals surface area contributed by atoms with E-state index in [0.717, 1.165) is 7.11 Å². The summed E-state index contributed by atoms with van der Waals surface area (Å²) in [7, 11) is 2.36. The molecule has 0 heterocycles. The predicted molar refractivity (Wildman–Crippen MR) is 105 cm³/mol. The summed E-state index contributed by atoms with van der Waals surface area (Å²) < 4.78 is 9.40. The number of ketones is 1. The van der Waals surface area contributed by atoms with E-state index in [0.29, 0.717) is 5.56 Å². The van der Waals surface area contributed by atoms with Crippen molar-refractivity contribution in [3.05, 3.63) is 76.3 Å². The van der Waals surface area contributed by atoms with Crippen LogP contribution in [0.25, 0.3) is 5.70 Å². The van der Waals surface area contributed by atoms with Crippen molar-refractivity contribution >= 4 is 45.1 Å². The van der Waals surface area contributed by atoms with Crippen LogP contribution in [0.1, 0.15) is 15.9 Å². The molecule has 0 atom stereocenters. The highest BCUT2D eigenvalue weighted by atomic mass is 79.9. The van der Waals surface area contributed by atoms with E-state index in [1.54, 1.807) is 60.7 Å². The molecule has 0 N–H and O–H groups in total. The van der Waals surface area contributed by atoms with E-state index in [2.05, 4.69) is 20.9 Å². The fourth-order valence-electron chi connectivity index (χ4n) is 2.15. The van der Waals surface area contributed by atoms with E-state index in [9.17, 15) is 14.4 Å². The molecule has 0 aliphatic heterocycles. The Morgan fingerprint density at radius 2 is 1.26 bits per heavy atom. The molecule has 2 aromatic rings. The summed E-state index contributed by atoms with van der Waals surface area (Å²) in [4.78, 5) is 41.2. The summed E-state index contributed by atoms with van der Waals surface area (Å²) in [6.45, 7) is 0. The first-order valence-corrected chi connectivity index (χ1v) is 8.59. The van der Waals surface area contributed by atoms with Gasteiger partial charge in [-0.15, -0.1) is 0 Å². The summed E-state index contributed by atoms with van der Waals surface area (Å²) in [5.74, 6) is -2.24. The molecule has 2 rings (SSSR count). The van der Waals surface area contributed by atoms with Crippen molar-refractivity contribution in [2.24, 2.45) is 4.99 Å². The second-order valence-electron chi connectivity index (χ2n) is 5.17. The van der Waals surface area contributed by atoms with E-state index < -0.39 is 23.4 Å². The number of methoxy groups -OCH3 is 2. The second-order valence-corrected chi connectivity index (χ2v) is 5.96. The molecule has 0 saturated carbocycles. The Hall–Kier alpha value is -3.06. The Labute approximate surface area is 164 Å². The molecule has 0 aliphatic carbocycles. The van der Waals surface area contributed by atoms with Gasteiger partial charge in [-0.25, -0.2) is 14.6 Å². The first-order chi connectivity index (χ1) is 13.0. The summed E-state index contributed by atoms with van der Waals surface area (Å²) in [6.07, 6.45) is 0. The van der Waals surface area contributed by atoms with Gasteiger partial charge >= 0.3 is 11.9 Å². The van der Waals surface area contributed by atoms with Crippen LogP contribution < -0.4 is 0 Å². The van der Waals surface area contributed by atoms with Crippen LogP contribution in [0.4, 0.5) is 0 Å². The molecular formula is C20H16BrNO5. The van der Waals surface area contributed by atoms with Gasteiger partial charge in [-0.1, -0.05) is 60.7 Å². The topological polar surface area (TPSA) is 82.0 Å². The van der Waals surface area contributed by atoms with Crippen LogP contribution in [0.3, 0.4) is 0 Å². The summed E-state index contributed by atoms with van der Waals surface area (Å²) in [5.41, 5.74) is 0.399. The maximum atomic E-state index is 12.8. The molecule has 0 radical (unpaired) electrons. The molecule has 0 aliphatic rings. The molecule has 0 unspecified atom stereocenters. The van der Waals surface area contributed by atoms with Crippen LogP contribution >= 0.6 is 15.9 Å². The van der Waals surface area contributed by atoms with E-state index in [4.69, 9.17) is 9.47 Å². The Bertz CT molecular complexity index is 904. The van der Waals surface area contributed by atoms with Crippen LogP contribution in [0.5, 0.6) is 0 Å². The molecule has 0 bridgehead atoms. The summed E-state index contributed by atoms with van der Waals surface area (Å²) in [6, 6.07) is 16.8. The average molecular weight is 430 g/mol. The number of nitrogens with zero attached hydrogens (tertiary/aromatic N) is 1. The van der Waals surface area contributed by atoms with Crippen molar-refractivity contribution in [2.45, 2.75) is 0 Å². The number of halogens is 1. The van der Waals surface area contributed by atoms with E-state index in [1.165, 1.54) is 7.11 Å². The van der Waals surface area contributed by atoms with Crippen LogP contribution in [-0.2, 0) is 19.1 Å². The normalized spacial score (nSPS) is 12.0. The van der Waals surface area contributed by atoms with Gasteiger partial charge in [0.2, 0.25) is 5.78 Å². The summed E-state index contributed by atoms with van der Waals surface area (Å²) >= 11 is 3.15. The third kappa shape index (κ3) is 4.98. The highest BCUT2D eigenvalue weighted by Crippen LogP contribution is 2.26. The Kier molecular flexibility index (Phi) is 7.19. The van der Waals surface area contributed by atoms with Crippen LogP contribution in [-0.4, -0.2) is 37.7 Å². The lowest BCUT2D eigenvalue weighted by Gasteiger charge is -2.09. The van der Waals surface area contributed by atoms with Crippen molar-refractivity contribution < 1.29 is 23.9 Å². The lowest BCUT2D eigenvalue weighted by Crippen LogP contribution is -2.26. The van der Waals surface area contributed by atoms with Gasteiger partial charge < -0.3 is 9.47 Å². The van der Waals surface area contributed by atoms with Gasteiger partial charge in [0.05, 0.1) is 19.9 Å². The highest BCUT2D eigenvalue weighted by molar-refractivity contribution is 9.12. The van der Waals surface area contributed by atoms with E-state index in [-0.39, 0.29) is 15.7 Å². The Morgan fingerprint density at radius 3 is 1.74 bits per heavy atom. The quantitative estimate of drug-likeness (QED) is 0.231. The van der Waals surface area contributed by atoms with Gasteiger partial charge in [-0.3, -0.25) is 4.79 Å². The minimum Gasteiger partial charge on any atom is -0.465 e. The van der Waals surface area contributed by atoms with Crippen LogP contribution in [0.15, 0.2) is 70.1 Å². The number of Topliss-reactive ketones (excluding diaryl/α,β-unsaturated/α-hetero) is 1. The first kappa shape index (κ1) is 20.3. The maximum absolute atomic E-state index is 12.8. The number of esters is 2. The number of rotatable bonds is 6. The minimum absolute atomic E-state index is 0.0292. The van der Waals surface area contributed by atoms with Crippen LogP contribution in [0, 0.1) is 0 Å². The van der Waals surface area contributed by atoms with Gasteiger partial charge in [-0.05, 0) is 15.9 Å². The number of carbonyl (C=O) groups excluding carboxylic acids is 3. The van der Waals surface area contributed by atoms with Crippen molar-refractivity contribution in [1.29, 1.82) is 0 Å². The van der Waals surface area contributed by atoms with E-state index in [1.807, 2.05) is 0 Å². The standard InChI is InChI=1S/C20H16BrNO5/c1-26-19(24)15(21)16(13-9-5-3-6-10-13)22-17(20(25)27-2)18(23)14-11-7-4-8-12-14/h3-12H,1-2H3/b16-15+,22-17?. The van der Waals surface area contributed by atoms with Gasteiger partial charge in [0, 0.05) is 11.1 Å². The zero-order valence-corrected chi connectivity index (χ0v) is 16.2. The van der Waals surface area contributed by atoms with Crippen molar-refractivity contribution in [2.75, 3.05) is 14.2 Å². The fraction of sp³-hybridized carbons (Fsp3) is 0.100. The molecule has 0 spiro atoms. The van der Waals surface area contributed by atoms with Crippen molar-refractivity contribution in [1.82, 2.24) is 0 Å². The molecule has 0 saturated heterocycles. The smallest absolute Gasteiger partial charge is 0.360 e. The van der Waals surface area contributed by atoms with Gasteiger partial charge in [0.25, 0.3) is 0 Å². The molecule has 0 fully saturated rings. The molecule has 138 valence electrons. The number of hydrogen-bond donors (Lipinski definition) is 0. The number of ether oxygens (including phenoxy) is 2. The molecular weight excluding hydrogens is 414 g/mol. The van der Waals surface area contributed by atoms with Gasteiger partial charge in [0.1, 0.15) is 4.48 Å². The monoisotopic (exact) mass is 429 g/mol. The minimum atomic E-state index is -0.914. The number of benzene rings is 2. The van der Waals surface area contributed by atoms with Crippen LogP contribution in [0.2, 0.25) is 0 Å². The first-order valence-electron chi connectivity index (χ1n) is 7.79. The van der Waals surface area contributed by atoms with Gasteiger partial charge in [0.15, 0.2) is 5.71 Å². The maximum Gasteiger partial charge on any atom is 0.360 e. The number of carbonyl (C=O) groups is 3. The third-order valence-electron chi connectivity index (χ3n) is 3.47. The number of aliphatic imine (C=N–C) groups is 1. The number of hydrogen-bond acceptors (Lipinski definition) is 6. The molecule has 6 nitrogen and oxygen atoms in total. The SMILES string of the molecule is COC(=O)C(=N/C(=C(/Br)C(=O)OC)c1ccccc1)C(=O)c1ccccc1. The van der Waals surface area contributed by atoms with Crippen molar-refractivity contribution in [3.63, 3.8) is 0 Å². The molecule has 27 heavy (non-hydrogen) atoms. The molecule has 7 heteroatoms. The average Bonchev–Trinajstić information content (AvgIpc) is 2.73. The Morgan fingerprint density at radius 1 is 0.778 bits per heavy atom.